The van der Waals surface area contributed by atoms with Gasteiger partial charge in [0.25, 0.3) is 0 Å². The Hall–Kier alpha value is -1.84. The van der Waals surface area contributed by atoms with Crippen molar-refractivity contribution in [2.45, 2.75) is 0 Å². The molecule has 3 nitrogen and oxygen atoms in total. The van der Waals surface area contributed by atoms with Crippen molar-refractivity contribution in [3.63, 3.8) is 0 Å². The normalized spacial score (nSPS) is 10.9. The third-order valence-electron chi connectivity index (χ3n) is 3.14. The molecule has 0 aliphatic heterocycles. The first kappa shape index (κ1) is 13.2. The maximum Gasteiger partial charge on any atom is 0.338 e. The van der Waals surface area contributed by atoms with Crippen LogP contribution in [0.4, 0.5) is 0 Å². The largest absolute Gasteiger partial charge is 0.465 e. The third-order valence-corrected chi connectivity index (χ3v) is 3.67. The molecule has 20 heavy (non-hydrogen) atoms. The lowest BCUT2D eigenvalue weighted by Crippen LogP contribution is -2.03. The zero-order chi connectivity index (χ0) is 14.3. The Balaban J connectivity index is 2.55. The molecule has 0 radical (unpaired) electrons. The summed E-state index contributed by atoms with van der Waals surface area (Å²) in [5, 5.41) is 3.25. The molecule has 0 saturated carbocycles. The molecule has 2 aromatic carbocycles. The number of hydrogen-bond donors (Lipinski definition) is 0. The zero-order valence-corrected chi connectivity index (χ0v) is 12.0. The molecule has 3 aromatic rings. The van der Waals surface area contributed by atoms with Crippen molar-refractivity contribution in [2.75, 3.05) is 7.11 Å². The quantitative estimate of drug-likeness (QED) is 0.491. The van der Waals surface area contributed by atoms with Crippen LogP contribution in [-0.4, -0.2) is 18.1 Å². The number of nitrogens with zero attached hydrogens (tertiary/aromatic N) is 1. The molecule has 1 heterocycles. The van der Waals surface area contributed by atoms with Crippen LogP contribution < -0.4 is 0 Å². The average molecular weight is 306 g/mol. The number of benzene rings is 2. The average Bonchev–Trinajstić information content (AvgIpc) is 2.46. The van der Waals surface area contributed by atoms with Gasteiger partial charge in [0.2, 0.25) is 0 Å². The number of ether oxygens (including phenoxy) is 1. The van der Waals surface area contributed by atoms with E-state index in [1.807, 2.05) is 6.07 Å². The Labute approximate surface area is 125 Å². The van der Waals surface area contributed by atoms with Gasteiger partial charge in [0.05, 0.1) is 18.2 Å². The summed E-state index contributed by atoms with van der Waals surface area (Å²) >= 11 is 12.3. The van der Waals surface area contributed by atoms with E-state index < -0.39 is 5.97 Å². The first-order chi connectivity index (χ1) is 9.61. The standard InChI is InChI=1S/C15H9Cl2NO2/c1-20-15(19)12-7-10-11(5-8(16)6-13(10)17)14-9(12)3-2-4-18-14/h2-7H,1H3. The number of pyridine rings is 1. The van der Waals surface area contributed by atoms with Gasteiger partial charge in [-0.2, -0.15) is 0 Å². The van der Waals surface area contributed by atoms with E-state index in [0.717, 1.165) is 10.8 Å². The minimum atomic E-state index is -0.420. The van der Waals surface area contributed by atoms with Gasteiger partial charge in [-0.25, -0.2) is 4.79 Å². The van der Waals surface area contributed by atoms with Gasteiger partial charge in [-0.15, -0.1) is 0 Å². The number of fused-ring (bicyclic) bond motifs is 3. The van der Waals surface area contributed by atoms with Gasteiger partial charge in [-0.1, -0.05) is 29.3 Å². The molecular weight excluding hydrogens is 297 g/mol. The highest BCUT2D eigenvalue weighted by atomic mass is 35.5. The van der Waals surface area contributed by atoms with Crippen LogP contribution in [0.3, 0.4) is 0 Å². The number of rotatable bonds is 1. The maximum atomic E-state index is 11.9. The molecule has 0 N–H and O–H groups in total. The lowest BCUT2D eigenvalue weighted by Gasteiger charge is -2.09. The fourth-order valence-electron chi connectivity index (χ4n) is 2.27. The van der Waals surface area contributed by atoms with Crippen LogP contribution in [-0.2, 0) is 4.74 Å². The van der Waals surface area contributed by atoms with Gasteiger partial charge in [-0.3, -0.25) is 4.98 Å². The molecule has 0 bridgehead atoms. The molecule has 0 saturated heterocycles. The lowest BCUT2D eigenvalue weighted by atomic mass is 10.0. The van der Waals surface area contributed by atoms with Gasteiger partial charge < -0.3 is 4.74 Å². The summed E-state index contributed by atoms with van der Waals surface area (Å²) in [4.78, 5) is 16.3. The second-order valence-corrected chi connectivity index (χ2v) is 5.14. The van der Waals surface area contributed by atoms with Gasteiger partial charge in [-0.05, 0) is 24.3 Å². The molecule has 0 aliphatic rings. The van der Waals surface area contributed by atoms with Crippen LogP contribution >= 0.6 is 23.2 Å². The zero-order valence-electron chi connectivity index (χ0n) is 10.5. The van der Waals surface area contributed by atoms with Gasteiger partial charge in [0.15, 0.2) is 0 Å². The van der Waals surface area contributed by atoms with E-state index in [-0.39, 0.29) is 0 Å². The maximum absolute atomic E-state index is 11.9. The molecule has 0 spiro atoms. The second kappa shape index (κ2) is 4.93. The Kier molecular flexibility index (Phi) is 3.24. The van der Waals surface area contributed by atoms with E-state index >= 15 is 0 Å². The van der Waals surface area contributed by atoms with Crippen LogP contribution in [0.2, 0.25) is 10.0 Å². The Morgan fingerprint density at radius 3 is 2.70 bits per heavy atom. The van der Waals surface area contributed by atoms with Crippen molar-refractivity contribution < 1.29 is 9.53 Å². The molecule has 0 aliphatic carbocycles. The molecular formula is C15H9Cl2NO2. The summed E-state index contributed by atoms with van der Waals surface area (Å²) in [5.41, 5.74) is 1.11. The van der Waals surface area contributed by atoms with E-state index in [1.54, 1.807) is 30.5 Å². The number of carbonyl (C=O) groups excluding carboxylic acids is 1. The number of hydrogen-bond acceptors (Lipinski definition) is 3. The topological polar surface area (TPSA) is 39.2 Å². The van der Waals surface area contributed by atoms with Crippen molar-refractivity contribution in [3.8, 4) is 0 Å². The first-order valence-corrected chi connectivity index (χ1v) is 6.62. The number of carbonyl (C=O) groups is 1. The predicted octanol–water partition coefficient (Wildman–Crippen LogP) is 4.48. The molecule has 0 unspecified atom stereocenters. The molecule has 1 aromatic heterocycles. The highest BCUT2D eigenvalue weighted by Gasteiger charge is 2.15. The van der Waals surface area contributed by atoms with E-state index in [4.69, 9.17) is 27.9 Å². The molecule has 3 rings (SSSR count). The van der Waals surface area contributed by atoms with Gasteiger partial charge in [0.1, 0.15) is 0 Å². The summed E-state index contributed by atoms with van der Waals surface area (Å²) in [6.45, 7) is 0. The molecule has 100 valence electrons. The highest BCUT2D eigenvalue weighted by molar-refractivity contribution is 6.40. The Bertz CT molecular complexity index is 846. The molecule has 5 heteroatoms. The Morgan fingerprint density at radius 1 is 1.15 bits per heavy atom. The molecule has 0 amide bonds. The van der Waals surface area contributed by atoms with Crippen molar-refractivity contribution >= 4 is 50.8 Å². The number of halogens is 2. The lowest BCUT2D eigenvalue weighted by molar-refractivity contribution is 0.0603. The molecule has 0 atom stereocenters. The van der Waals surface area contributed by atoms with Gasteiger partial charge in [0, 0.05) is 32.4 Å². The van der Waals surface area contributed by atoms with E-state index in [1.165, 1.54) is 7.11 Å². The third kappa shape index (κ3) is 1.99. The van der Waals surface area contributed by atoms with Crippen LogP contribution in [0.15, 0.2) is 36.5 Å². The first-order valence-electron chi connectivity index (χ1n) is 5.86. The fourth-order valence-corrected chi connectivity index (χ4v) is 2.81. The van der Waals surface area contributed by atoms with E-state index in [2.05, 4.69) is 4.98 Å². The minimum Gasteiger partial charge on any atom is -0.465 e. The van der Waals surface area contributed by atoms with Crippen LogP contribution in [0.5, 0.6) is 0 Å². The highest BCUT2D eigenvalue weighted by Crippen LogP contribution is 2.34. The second-order valence-electron chi connectivity index (χ2n) is 4.30. The monoisotopic (exact) mass is 305 g/mol. The summed E-state index contributed by atoms with van der Waals surface area (Å²) in [6, 6.07) is 8.74. The van der Waals surface area contributed by atoms with Crippen LogP contribution in [0, 0.1) is 0 Å². The Morgan fingerprint density at radius 2 is 1.95 bits per heavy atom. The summed E-state index contributed by atoms with van der Waals surface area (Å²) in [7, 11) is 1.35. The van der Waals surface area contributed by atoms with Crippen LogP contribution in [0.1, 0.15) is 10.4 Å². The molecule has 0 fully saturated rings. The van der Waals surface area contributed by atoms with E-state index in [9.17, 15) is 4.79 Å². The summed E-state index contributed by atoms with van der Waals surface area (Å²) < 4.78 is 4.82. The minimum absolute atomic E-state index is 0.420. The number of esters is 1. The predicted molar refractivity (Wildman–Crippen MR) is 80.6 cm³/mol. The smallest absolute Gasteiger partial charge is 0.338 e. The number of methoxy groups -OCH3 is 1. The SMILES string of the molecule is COC(=O)c1cc2c(Cl)cc(Cl)cc2c2ncccc12. The van der Waals surface area contributed by atoms with Crippen molar-refractivity contribution in [3.05, 3.63) is 52.1 Å². The summed E-state index contributed by atoms with van der Waals surface area (Å²) in [6.07, 6.45) is 1.66. The van der Waals surface area contributed by atoms with Crippen molar-refractivity contribution in [1.29, 1.82) is 0 Å². The van der Waals surface area contributed by atoms with Gasteiger partial charge >= 0.3 is 5.97 Å². The number of aromatic nitrogens is 1. The fraction of sp³-hybridized carbons (Fsp3) is 0.0667. The summed E-state index contributed by atoms with van der Waals surface area (Å²) in [5.74, 6) is -0.420. The van der Waals surface area contributed by atoms with Crippen molar-refractivity contribution in [1.82, 2.24) is 4.98 Å². The van der Waals surface area contributed by atoms with E-state index in [0.29, 0.717) is 26.5 Å². The van der Waals surface area contributed by atoms with Crippen LogP contribution in [0.25, 0.3) is 21.7 Å². The van der Waals surface area contributed by atoms with Crippen molar-refractivity contribution in [2.24, 2.45) is 0 Å².